The Bertz CT molecular complexity index is 425. The molecule has 1 N–H and O–H groups in total. The summed E-state index contributed by atoms with van der Waals surface area (Å²) in [6, 6.07) is 1.88. The molecule has 4 bridgehead atoms. The van der Waals surface area contributed by atoms with E-state index in [1.54, 1.807) is 6.26 Å². The highest BCUT2D eigenvalue weighted by atomic mass is 79.9. The second-order valence-corrected chi connectivity index (χ2v) is 7.44. The van der Waals surface area contributed by atoms with Gasteiger partial charge in [0.15, 0.2) is 0 Å². The van der Waals surface area contributed by atoms with Crippen molar-refractivity contribution in [3.05, 3.63) is 22.6 Å². The molecule has 0 saturated heterocycles. The Hall–Kier alpha value is -0.280. The summed E-state index contributed by atoms with van der Waals surface area (Å²) in [5.74, 6) is 4.54. The fourth-order valence-corrected chi connectivity index (χ4v) is 5.61. The Morgan fingerprint density at radius 2 is 1.72 bits per heavy atom. The summed E-state index contributed by atoms with van der Waals surface area (Å²) in [5, 5.41) is 10.7. The molecule has 3 heteroatoms. The average molecular weight is 311 g/mol. The molecule has 0 amide bonds. The van der Waals surface area contributed by atoms with Crippen LogP contribution >= 0.6 is 15.9 Å². The molecular weight excluding hydrogens is 292 g/mol. The number of rotatable bonds is 2. The van der Waals surface area contributed by atoms with Gasteiger partial charge in [0.25, 0.3) is 0 Å². The lowest BCUT2D eigenvalue weighted by Gasteiger charge is -2.55. The minimum atomic E-state index is -0.413. The quantitative estimate of drug-likeness (QED) is 0.890. The van der Waals surface area contributed by atoms with Crippen molar-refractivity contribution in [3.8, 4) is 0 Å². The van der Waals surface area contributed by atoms with Crippen LogP contribution in [0.3, 0.4) is 0 Å². The first kappa shape index (κ1) is 11.5. The van der Waals surface area contributed by atoms with Gasteiger partial charge < -0.3 is 9.52 Å². The van der Waals surface area contributed by atoms with E-state index in [4.69, 9.17) is 4.42 Å². The summed E-state index contributed by atoms with van der Waals surface area (Å²) >= 11 is 3.48. The second-order valence-electron chi connectivity index (χ2n) is 6.59. The zero-order valence-electron chi connectivity index (χ0n) is 10.4. The van der Waals surface area contributed by atoms with Gasteiger partial charge in [-0.05, 0) is 83.7 Å². The van der Waals surface area contributed by atoms with Crippen molar-refractivity contribution in [2.45, 2.75) is 38.2 Å². The lowest BCUT2D eigenvalue weighted by molar-refractivity contribution is -0.0962. The van der Waals surface area contributed by atoms with Crippen molar-refractivity contribution < 1.29 is 9.52 Å². The lowest BCUT2D eigenvalue weighted by atomic mass is 9.51. The van der Waals surface area contributed by atoms with Crippen LogP contribution in [0.15, 0.2) is 21.2 Å². The molecule has 1 aromatic heterocycles. The fourth-order valence-electron chi connectivity index (χ4n) is 5.17. The van der Waals surface area contributed by atoms with E-state index >= 15 is 0 Å². The Balaban J connectivity index is 1.63. The third kappa shape index (κ3) is 1.63. The fraction of sp³-hybridized carbons (Fsp3) is 0.733. The SMILES string of the molecule is OC(c1occc1Br)C1C2CC3CC(C2)CC1C3. The largest absolute Gasteiger partial charge is 0.465 e. The molecule has 5 rings (SSSR count). The molecule has 1 unspecified atom stereocenters. The third-order valence-corrected chi connectivity index (χ3v) is 6.23. The van der Waals surface area contributed by atoms with Gasteiger partial charge in [0.1, 0.15) is 11.9 Å². The molecule has 18 heavy (non-hydrogen) atoms. The highest BCUT2D eigenvalue weighted by Crippen LogP contribution is 2.59. The summed E-state index contributed by atoms with van der Waals surface area (Å²) in [4.78, 5) is 0. The van der Waals surface area contributed by atoms with E-state index in [2.05, 4.69) is 15.9 Å². The molecule has 1 atom stereocenters. The molecule has 2 nitrogen and oxygen atoms in total. The minimum absolute atomic E-state index is 0.413. The van der Waals surface area contributed by atoms with Gasteiger partial charge in [-0.1, -0.05) is 0 Å². The van der Waals surface area contributed by atoms with Crippen LogP contribution in [0.1, 0.15) is 44.0 Å². The van der Waals surface area contributed by atoms with Gasteiger partial charge in [-0.3, -0.25) is 0 Å². The first-order valence-corrected chi connectivity index (χ1v) is 7.92. The second kappa shape index (κ2) is 4.11. The molecule has 0 aliphatic heterocycles. The minimum Gasteiger partial charge on any atom is -0.465 e. The number of furan rings is 1. The molecule has 4 saturated carbocycles. The summed E-state index contributed by atoms with van der Waals surface area (Å²) in [6.45, 7) is 0. The summed E-state index contributed by atoms with van der Waals surface area (Å²) < 4.78 is 6.41. The molecule has 1 heterocycles. The van der Waals surface area contributed by atoms with Crippen molar-refractivity contribution in [1.29, 1.82) is 0 Å². The zero-order valence-corrected chi connectivity index (χ0v) is 12.0. The van der Waals surface area contributed by atoms with Crippen LogP contribution in [0.25, 0.3) is 0 Å². The number of aliphatic hydroxyl groups excluding tert-OH is 1. The standard InChI is InChI=1S/C15H19BrO2/c16-12-1-2-18-15(12)14(17)13-10-4-8-3-9(6-10)7-11(13)5-8/h1-2,8-11,13-14,17H,3-7H2. The van der Waals surface area contributed by atoms with E-state index in [-0.39, 0.29) is 0 Å². The Morgan fingerprint density at radius 1 is 1.11 bits per heavy atom. The van der Waals surface area contributed by atoms with E-state index in [1.807, 2.05) is 6.07 Å². The van der Waals surface area contributed by atoms with E-state index in [9.17, 15) is 5.11 Å². The summed E-state index contributed by atoms with van der Waals surface area (Å²) in [7, 11) is 0. The van der Waals surface area contributed by atoms with Crippen molar-refractivity contribution in [1.82, 2.24) is 0 Å². The van der Waals surface area contributed by atoms with Crippen molar-refractivity contribution >= 4 is 15.9 Å². The number of halogens is 1. The van der Waals surface area contributed by atoms with Crippen LogP contribution in [0.2, 0.25) is 0 Å². The van der Waals surface area contributed by atoms with Crippen molar-refractivity contribution in [2.75, 3.05) is 0 Å². The highest BCUT2D eigenvalue weighted by molar-refractivity contribution is 9.10. The predicted molar refractivity (Wildman–Crippen MR) is 71.9 cm³/mol. The third-order valence-electron chi connectivity index (χ3n) is 5.58. The maximum Gasteiger partial charge on any atom is 0.146 e. The number of hydrogen-bond acceptors (Lipinski definition) is 2. The average Bonchev–Trinajstić information content (AvgIpc) is 2.73. The molecular formula is C15H19BrO2. The molecule has 98 valence electrons. The lowest BCUT2D eigenvalue weighted by Crippen LogP contribution is -2.47. The van der Waals surface area contributed by atoms with Gasteiger partial charge in [-0.25, -0.2) is 0 Å². The van der Waals surface area contributed by atoms with Gasteiger partial charge in [0, 0.05) is 0 Å². The Kier molecular flexibility index (Phi) is 2.63. The molecule has 4 fully saturated rings. The zero-order chi connectivity index (χ0) is 12.3. The molecule has 0 aromatic carbocycles. The van der Waals surface area contributed by atoms with Crippen LogP contribution in [-0.2, 0) is 0 Å². The van der Waals surface area contributed by atoms with Crippen LogP contribution in [-0.4, -0.2) is 5.11 Å². The Labute approximate surface area is 116 Å². The van der Waals surface area contributed by atoms with Gasteiger partial charge in [-0.15, -0.1) is 0 Å². The van der Waals surface area contributed by atoms with E-state index in [1.165, 1.54) is 32.1 Å². The van der Waals surface area contributed by atoms with Gasteiger partial charge in [0.2, 0.25) is 0 Å². The molecule has 4 aliphatic carbocycles. The predicted octanol–water partition coefficient (Wildman–Crippen LogP) is 4.15. The number of hydrogen-bond donors (Lipinski definition) is 1. The summed E-state index contributed by atoms with van der Waals surface area (Å²) in [5.41, 5.74) is 0. The molecule has 0 radical (unpaired) electrons. The topological polar surface area (TPSA) is 33.4 Å². The Morgan fingerprint density at radius 3 is 2.22 bits per heavy atom. The first-order chi connectivity index (χ1) is 8.72. The highest BCUT2D eigenvalue weighted by Gasteiger charge is 2.51. The van der Waals surface area contributed by atoms with E-state index in [0.717, 1.165) is 33.9 Å². The maximum atomic E-state index is 10.7. The molecule has 1 aromatic rings. The molecule has 0 spiro atoms. The number of aliphatic hydroxyl groups is 1. The summed E-state index contributed by atoms with van der Waals surface area (Å²) in [6.07, 6.45) is 8.07. The van der Waals surface area contributed by atoms with Crippen LogP contribution in [0.5, 0.6) is 0 Å². The smallest absolute Gasteiger partial charge is 0.146 e. The van der Waals surface area contributed by atoms with E-state index < -0.39 is 6.10 Å². The van der Waals surface area contributed by atoms with Gasteiger partial charge in [0.05, 0.1) is 10.7 Å². The van der Waals surface area contributed by atoms with Crippen molar-refractivity contribution in [2.24, 2.45) is 29.6 Å². The van der Waals surface area contributed by atoms with Crippen LogP contribution < -0.4 is 0 Å². The molecule has 4 aliphatic rings. The van der Waals surface area contributed by atoms with Crippen LogP contribution in [0.4, 0.5) is 0 Å². The monoisotopic (exact) mass is 310 g/mol. The van der Waals surface area contributed by atoms with Crippen molar-refractivity contribution in [3.63, 3.8) is 0 Å². The maximum absolute atomic E-state index is 10.7. The van der Waals surface area contributed by atoms with Gasteiger partial charge >= 0.3 is 0 Å². The van der Waals surface area contributed by atoms with Gasteiger partial charge in [-0.2, -0.15) is 0 Å². The van der Waals surface area contributed by atoms with E-state index in [0.29, 0.717) is 5.92 Å². The van der Waals surface area contributed by atoms with Crippen LogP contribution in [0, 0.1) is 29.6 Å². The first-order valence-electron chi connectivity index (χ1n) is 7.13. The normalized spacial score (nSPS) is 43.3.